The molecule has 1 aromatic carbocycles. The normalized spacial score (nSPS) is 11.8. The number of hydrogen-bond donors (Lipinski definition) is 1. The third-order valence-corrected chi connectivity index (χ3v) is 7.73. The first kappa shape index (κ1) is 17.4. The number of thiophene rings is 2. The Labute approximate surface area is 163 Å². The largest absolute Gasteiger partial charge is 0.272 e. The van der Waals surface area contributed by atoms with Crippen molar-refractivity contribution in [3.63, 3.8) is 0 Å². The van der Waals surface area contributed by atoms with Crippen LogP contribution in [0.2, 0.25) is 4.34 Å². The number of benzene rings is 1. The Morgan fingerprint density at radius 1 is 1.08 bits per heavy atom. The van der Waals surface area contributed by atoms with Crippen LogP contribution in [0, 0.1) is 6.92 Å². The molecule has 0 unspecified atom stereocenters. The third kappa shape index (κ3) is 3.21. The van der Waals surface area contributed by atoms with Gasteiger partial charge in [-0.3, -0.25) is 4.72 Å². The predicted molar refractivity (Wildman–Crippen MR) is 108 cm³/mol. The van der Waals surface area contributed by atoms with Crippen molar-refractivity contribution >= 4 is 60.3 Å². The molecule has 9 heteroatoms. The molecule has 0 aliphatic heterocycles. The minimum absolute atomic E-state index is 0.140. The van der Waals surface area contributed by atoms with Gasteiger partial charge < -0.3 is 0 Å². The zero-order valence-corrected chi connectivity index (χ0v) is 16.6. The smallest absolute Gasteiger partial charge is 0.262 e. The highest BCUT2D eigenvalue weighted by molar-refractivity contribution is 7.94. The van der Waals surface area contributed by atoms with Gasteiger partial charge in [-0.1, -0.05) is 41.4 Å². The highest BCUT2D eigenvalue weighted by Gasteiger charge is 2.21. The number of aryl methyl sites for hydroxylation is 1. The molecule has 4 aromatic rings. The summed E-state index contributed by atoms with van der Waals surface area (Å²) in [5.41, 5.74) is 3.03. The molecule has 0 aliphatic carbocycles. The predicted octanol–water partition coefficient (Wildman–Crippen LogP) is 5.18. The minimum atomic E-state index is -3.77. The molecule has 3 aromatic heterocycles. The zero-order chi connectivity index (χ0) is 18.3. The van der Waals surface area contributed by atoms with Crippen LogP contribution in [0.4, 0.5) is 5.82 Å². The topological polar surface area (TPSA) is 72.0 Å². The first-order valence-electron chi connectivity index (χ1n) is 7.51. The minimum Gasteiger partial charge on any atom is -0.262 e. The fourth-order valence-electron chi connectivity index (χ4n) is 2.52. The number of sulfonamides is 1. The lowest BCUT2D eigenvalue weighted by atomic mass is 10.0. The molecule has 0 fully saturated rings. The Hall–Kier alpha value is -2.00. The molecule has 0 bridgehead atoms. The molecule has 132 valence electrons. The fourth-order valence-corrected chi connectivity index (χ4v) is 5.94. The molecular formula is C17H12ClN3O2S3. The van der Waals surface area contributed by atoms with Gasteiger partial charge in [0.2, 0.25) is 0 Å². The summed E-state index contributed by atoms with van der Waals surface area (Å²) in [6.07, 6.45) is 1.36. The van der Waals surface area contributed by atoms with E-state index >= 15 is 0 Å². The number of nitrogens with one attached hydrogen (secondary N) is 1. The Bertz CT molecular complexity index is 1200. The molecule has 4 rings (SSSR count). The molecule has 0 saturated carbocycles. The van der Waals surface area contributed by atoms with Gasteiger partial charge in [-0.05, 0) is 24.6 Å². The van der Waals surface area contributed by atoms with Gasteiger partial charge in [0.25, 0.3) is 10.0 Å². The summed E-state index contributed by atoms with van der Waals surface area (Å²) in [4.78, 5) is 9.16. The third-order valence-electron chi connectivity index (χ3n) is 3.78. The van der Waals surface area contributed by atoms with Crippen molar-refractivity contribution in [2.45, 2.75) is 11.1 Å². The number of aromatic nitrogens is 2. The highest BCUT2D eigenvalue weighted by Crippen LogP contribution is 2.37. The van der Waals surface area contributed by atoms with Crippen molar-refractivity contribution in [1.82, 2.24) is 9.97 Å². The summed E-state index contributed by atoms with van der Waals surface area (Å²) in [5.74, 6) is 0.261. The maximum Gasteiger partial charge on any atom is 0.272 e. The van der Waals surface area contributed by atoms with Gasteiger partial charge in [0.15, 0.2) is 5.82 Å². The molecule has 1 N–H and O–H groups in total. The fraction of sp³-hybridized carbons (Fsp3) is 0.0588. The van der Waals surface area contributed by atoms with Gasteiger partial charge in [-0.25, -0.2) is 18.4 Å². The lowest BCUT2D eigenvalue weighted by molar-refractivity contribution is 0.603. The van der Waals surface area contributed by atoms with Crippen LogP contribution in [0.1, 0.15) is 5.56 Å². The number of hydrogen-bond acceptors (Lipinski definition) is 6. The van der Waals surface area contributed by atoms with Gasteiger partial charge in [-0.15, -0.1) is 22.7 Å². The Morgan fingerprint density at radius 3 is 2.54 bits per heavy atom. The van der Waals surface area contributed by atoms with Gasteiger partial charge in [0.1, 0.15) is 15.4 Å². The standard InChI is InChI=1S/C17H12ClN3O2S3/c1-10-2-4-11(5-3-10)12-8-24-17-15(12)16(19-9-20-17)21-26(22,23)14-7-6-13(18)25-14/h2-9H,1H3,(H,19,20,21). The molecule has 0 aliphatic rings. The average Bonchev–Trinajstić information content (AvgIpc) is 3.23. The second kappa shape index (κ2) is 6.62. The van der Waals surface area contributed by atoms with Gasteiger partial charge in [0.05, 0.1) is 9.72 Å². The van der Waals surface area contributed by atoms with Crippen LogP contribution in [-0.2, 0) is 10.0 Å². The summed E-state index contributed by atoms with van der Waals surface area (Å²) >= 11 is 8.31. The van der Waals surface area contributed by atoms with Crippen LogP contribution in [0.15, 0.2) is 52.3 Å². The second-order valence-electron chi connectivity index (χ2n) is 5.58. The maximum atomic E-state index is 12.7. The van der Waals surface area contributed by atoms with E-state index < -0.39 is 10.0 Å². The van der Waals surface area contributed by atoms with Crippen molar-refractivity contribution in [2.24, 2.45) is 0 Å². The van der Waals surface area contributed by atoms with E-state index in [9.17, 15) is 8.42 Å². The van der Waals surface area contributed by atoms with Crippen molar-refractivity contribution in [2.75, 3.05) is 4.72 Å². The molecule has 26 heavy (non-hydrogen) atoms. The summed E-state index contributed by atoms with van der Waals surface area (Å²) in [6, 6.07) is 11.1. The van der Waals surface area contributed by atoms with Crippen LogP contribution >= 0.6 is 34.3 Å². The second-order valence-corrected chi connectivity index (χ2v) is 10.1. The zero-order valence-electron chi connectivity index (χ0n) is 13.4. The van der Waals surface area contributed by atoms with Gasteiger partial charge in [0, 0.05) is 10.9 Å². The number of anilines is 1. The highest BCUT2D eigenvalue weighted by atomic mass is 35.5. The molecule has 0 radical (unpaired) electrons. The van der Waals surface area contributed by atoms with E-state index in [1.807, 2.05) is 36.6 Å². The molecule has 0 spiro atoms. The van der Waals surface area contributed by atoms with E-state index in [1.165, 1.54) is 23.7 Å². The molecule has 0 atom stereocenters. The van der Waals surface area contributed by atoms with Crippen LogP contribution in [0.3, 0.4) is 0 Å². The summed E-state index contributed by atoms with van der Waals surface area (Å²) in [5, 5.41) is 2.65. The van der Waals surface area contributed by atoms with Crippen LogP contribution in [-0.4, -0.2) is 18.4 Å². The van der Waals surface area contributed by atoms with Crippen molar-refractivity contribution in [3.8, 4) is 11.1 Å². The number of fused-ring (bicyclic) bond motifs is 1. The Morgan fingerprint density at radius 2 is 1.85 bits per heavy atom. The van der Waals surface area contributed by atoms with E-state index in [1.54, 1.807) is 6.07 Å². The van der Waals surface area contributed by atoms with Gasteiger partial charge >= 0.3 is 0 Å². The monoisotopic (exact) mass is 421 g/mol. The molecule has 5 nitrogen and oxygen atoms in total. The van der Waals surface area contributed by atoms with E-state index in [0.29, 0.717) is 9.72 Å². The van der Waals surface area contributed by atoms with E-state index in [4.69, 9.17) is 11.6 Å². The molecule has 0 amide bonds. The molecule has 3 heterocycles. The van der Waals surface area contributed by atoms with E-state index in [-0.39, 0.29) is 10.0 Å². The number of nitrogens with zero attached hydrogens (tertiary/aromatic N) is 2. The SMILES string of the molecule is Cc1ccc(-c2csc3ncnc(NS(=O)(=O)c4ccc(Cl)s4)c23)cc1. The quantitative estimate of drug-likeness (QED) is 0.492. The number of halogens is 1. The van der Waals surface area contributed by atoms with Crippen LogP contribution in [0.5, 0.6) is 0 Å². The maximum absolute atomic E-state index is 12.7. The first-order chi connectivity index (χ1) is 12.4. The van der Waals surface area contributed by atoms with Crippen molar-refractivity contribution < 1.29 is 8.42 Å². The summed E-state index contributed by atoms with van der Waals surface area (Å²) in [7, 11) is -3.77. The molecule has 0 saturated heterocycles. The van der Waals surface area contributed by atoms with Crippen LogP contribution in [0.25, 0.3) is 21.3 Å². The molecular weight excluding hydrogens is 410 g/mol. The van der Waals surface area contributed by atoms with E-state index in [2.05, 4.69) is 14.7 Å². The van der Waals surface area contributed by atoms with Gasteiger partial charge in [-0.2, -0.15) is 0 Å². The van der Waals surface area contributed by atoms with Crippen molar-refractivity contribution in [3.05, 3.63) is 58.0 Å². The van der Waals surface area contributed by atoms with Crippen LogP contribution < -0.4 is 4.72 Å². The Balaban J connectivity index is 1.83. The lowest BCUT2D eigenvalue weighted by Crippen LogP contribution is -2.13. The summed E-state index contributed by atoms with van der Waals surface area (Å²) in [6.45, 7) is 2.02. The number of rotatable bonds is 4. The summed E-state index contributed by atoms with van der Waals surface area (Å²) < 4.78 is 28.4. The van der Waals surface area contributed by atoms with Crippen molar-refractivity contribution in [1.29, 1.82) is 0 Å². The first-order valence-corrected chi connectivity index (χ1v) is 11.1. The van der Waals surface area contributed by atoms with E-state index in [0.717, 1.165) is 32.9 Å². The Kier molecular flexibility index (Phi) is 4.44. The average molecular weight is 422 g/mol. The lowest BCUT2D eigenvalue weighted by Gasteiger charge is -2.08.